The Bertz CT molecular complexity index is 288. The predicted molar refractivity (Wildman–Crippen MR) is 54.1 cm³/mol. The van der Waals surface area contributed by atoms with Crippen molar-refractivity contribution in [3.05, 3.63) is 0 Å². The maximum absolute atomic E-state index is 11.6. The van der Waals surface area contributed by atoms with Crippen molar-refractivity contribution >= 4 is 11.8 Å². The Labute approximate surface area is 89.0 Å². The van der Waals surface area contributed by atoms with Gasteiger partial charge >= 0.3 is 0 Å². The van der Waals surface area contributed by atoms with Crippen molar-refractivity contribution in [1.82, 2.24) is 10.2 Å². The minimum atomic E-state index is 0.0475. The molecule has 4 nitrogen and oxygen atoms in total. The first-order valence-electron chi connectivity index (χ1n) is 5.85. The number of hydrogen-bond acceptors (Lipinski definition) is 3. The second kappa shape index (κ2) is 3.30. The third-order valence-electron chi connectivity index (χ3n) is 3.90. The summed E-state index contributed by atoms with van der Waals surface area (Å²) in [5.41, 5.74) is 0. The lowest BCUT2D eigenvalue weighted by molar-refractivity contribution is -0.141. The number of carbonyl (C=O) groups is 2. The summed E-state index contributed by atoms with van der Waals surface area (Å²) in [6, 6.07) is 1.26. The van der Waals surface area contributed by atoms with Crippen LogP contribution < -0.4 is 5.32 Å². The fraction of sp³-hybridized carbons (Fsp3) is 0.818. The lowest BCUT2D eigenvalue weighted by Crippen LogP contribution is -2.49. The fourth-order valence-electron chi connectivity index (χ4n) is 3.24. The zero-order valence-corrected chi connectivity index (χ0v) is 8.74. The molecule has 0 saturated carbocycles. The molecule has 4 heteroatoms. The van der Waals surface area contributed by atoms with Gasteiger partial charge in [-0.25, -0.2) is 0 Å². The quantitative estimate of drug-likeness (QED) is 0.635. The van der Waals surface area contributed by atoms with Gasteiger partial charge in [-0.15, -0.1) is 0 Å². The van der Waals surface area contributed by atoms with Gasteiger partial charge in [0.1, 0.15) is 0 Å². The van der Waals surface area contributed by atoms with Crippen LogP contribution in [-0.2, 0) is 9.59 Å². The van der Waals surface area contributed by atoms with E-state index in [1.807, 2.05) is 0 Å². The topological polar surface area (TPSA) is 49.4 Å². The Morgan fingerprint density at radius 3 is 2.07 bits per heavy atom. The molecule has 3 saturated heterocycles. The molecule has 2 bridgehead atoms. The van der Waals surface area contributed by atoms with Crippen molar-refractivity contribution in [2.24, 2.45) is 0 Å². The molecule has 0 radical (unpaired) electrons. The number of rotatable bonds is 1. The molecule has 3 aliphatic rings. The number of carbonyl (C=O) groups excluding carboxylic acids is 2. The molecule has 2 unspecified atom stereocenters. The lowest BCUT2D eigenvalue weighted by Gasteiger charge is -2.34. The van der Waals surface area contributed by atoms with Gasteiger partial charge in [0.15, 0.2) is 0 Å². The summed E-state index contributed by atoms with van der Waals surface area (Å²) >= 11 is 0. The average Bonchev–Trinajstić information content (AvgIpc) is 2.71. The molecule has 0 aromatic carbocycles. The van der Waals surface area contributed by atoms with E-state index in [1.165, 1.54) is 12.8 Å². The number of fused-ring (bicyclic) bond motifs is 2. The molecule has 0 aromatic heterocycles. The Morgan fingerprint density at radius 1 is 1.00 bits per heavy atom. The Kier molecular flexibility index (Phi) is 2.06. The third-order valence-corrected chi connectivity index (χ3v) is 3.90. The third kappa shape index (κ3) is 1.47. The van der Waals surface area contributed by atoms with Gasteiger partial charge in [-0.1, -0.05) is 0 Å². The summed E-state index contributed by atoms with van der Waals surface area (Å²) in [7, 11) is 0. The summed E-state index contributed by atoms with van der Waals surface area (Å²) in [5.74, 6) is 0.0950. The Hall–Kier alpha value is -0.900. The number of nitrogens with zero attached hydrogens (tertiary/aromatic N) is 1. The number of nitrogens with one attached hydrogen (secondary N) is 1. The van der Waals surface area contributed by atoms with Crippen molar-refractivity contribution in [3.8, 4) is 0 Å². The van der Waals surface area contributed by atoms with Crippen LogP contribution in [0.4, 0.5) is 0 Å². The van der Waals surface area contributed by atoms with Crippen LogP contribution in [0.2, 0.25) is 0 Å². The van der Waals surface area contributed by atoms with Gasteiger partial charge in [0.2, 0.25) is 11.8 Å². The van der Waals surface area contributed by atoms with E-state index in [0.717, 1.165) is 12.8 Å². The van der Waals surface area contributed by atoms with E-state index in [2.05, 4.69) is 5.32 Å². The first-order chi connectivity index (χ1) is 7.24. The minimum absolute atomic E-state index is 0.0475. The van der Waals surface area contributed by atoms with Crippen LogP contribution >= 0.6 is 0 Å². The summed E-state index contributed by atoms with van der Waals surface area (Å²) in [5, 5.41) is 3.52. The zero-order chi connectivity index (χ0) is 10.4. The van der Waals surface area contributed by atoms with E-state index >= 15 is 0 Å². The van der Waals surface area contributed by atoms with Crippen LogP contribution in [0.1, 0.15) is 38.5 Å². The maximum atomic E-state index is 11.6. The standard InChI is InChI=1S/C11H16N2O2/c14-10-3-4-11(15)13(10)9-5-7-1-2-8(6-9)12-7/h7-9,12H,1-6H2. The molecule has 2 atom stereocenters. The summed E-state index contributed by atoms with van der Waals surface area (Å²) < 4.78 is 0. The van der Waals surface area contributed by atoms with Crippen molar-refractivity contribution in [2.45, 2.75) is 56.7 Å². The largest absolute Gasteiger partial charge is 0.311 e. The van der Waals surface area contributed by atoms with Gasteiger partial charge in [0.05, 0.1) is 0 Å². The van der Waals surface area contributed by atoms with Crippen LogP contribution in [0, 0.1) is 0 Å². The lowest BCUT2D eigenvalue weighted by atomic mass is 9.98. The number of piperidine rings is 1. The molecule has 3 fully saturated rings. The number of hydrogen-bond donors (Lipinski definition) is 1. The molecule has 15 heavy (non-hydrogen) atoms. The van der Waals surface area contributed by atoms with Crippen LogP contribution in [-0.4, -0.2) is 34.8 Å². The van der Waals surface area contributed by atoms with Gasteiger partial charge in [-0.3, -0.25) is 14.5 Å². The predicted octanol–water partition coefficient (Wildman–Crippen LogP) is 0.418. The molecule has 0 aliphatic carbocycles. The van der Waals surface area contributed by atoms with Gasteiger partial charge in [0, 0.05) is 31.0 Å². The van der Waals surface area contributed by atoms with Crippen LogP contribution in [0.15, 0.2) is 0 Å². The molecular weight excluding hydrogens is 192 g/mol. The number of amides is 2. The van der Waals surface area contributed by atoms with E-state index in [9.17, 15) is 9.59 Å². The second-order valence-corrected chi connectivity index (χ2v) is 4.92. The van der Waals surface area contributed by atoms with E-state index < -0.39 is 0 Å². The van der Waals surface area contributed by atoms with Crippen molar-refractivity contribution in [1.29, 1.82) is 0 Å². The fourth-order valence-corrected chi connectivity index (χ4v) is 3.24. The van der Waals surface area contributed by atoms with Gasteiger partial charge in [-0.2, -0.15) is 0 Å². The number of imide groups is 1. The van der Waals surface area contributed by atoms with E-state index in [0.29, 0.717) is 24.9 Å². The molecule has 2 amide bonds. The highest BCUT2D eigenvalue weighted by molar-refractivity contribution is 6.02. The maximum Gasteiger partial charge on any atom is 0.229 e. The molecule has 3 heterocycles. The summed E-state index contributed by atoms with van der Waals surface area (Å²) in [4.78, 5) is 24.8. The van der Waals surface area contributed by atoms with Crippen LogP contribution in [0.5, 0.6) is 0 Å². The van der Waals surface area contributed by atoms with E-state index in [1.54, 1.807) is 4.90 Å². The molecule has 3 rings (SSSR count). The molecule has 82 valence electrons. The smallest absolute Gasteiger partial charge is 0.229 e. The Balaban J connectivity index is 1.77. The highest BCUT2D eigenvalue weighted by Crippen LogP contribution is 2.31. The minimum Gasteiger partial charge on any atom is -0.311 e. The number of likely N-dealkylation sites (tertiary alicyclic amines) is 1. The van der Waals surface area contributed by atoms with Crippen LogP contribution in [0.3, 0.4) is 0 Å². The van der Waals surface area contributed by atoms with Crippen LogP contribution in [0.25, 0.3) is 0 Å². The zero-order valence-electron chi connectivity index (χ0n) is 8.74. The second-order valence-electron chi connectivity index (χ2n) is 4.92. The van der Waals surface area contributed by atoms with Gasteiger partial charge in [-0.05, 0) is 25.7 Å². The summed E-state index contributed by atoms with van der Waals surface area (Å²) in [6.07, 6.45) is 5.20. The van der Waals surface area contributed by atoms with Crippen molar-refractivity contribution in [3.63, 3.8) is 0 Å². The monoisotopic (exact) mass is 208 g/mol. The molecule has 3 aliphatic heterocycles. The highest BCUT2D eigenvalue weighted by Gasteiger charge is 2.41. The molecule has 1 N–H and O–H groups in total. The van der Waals surface area contributed by atoms with Gasteiger partial charge < -0.3 is 5.32 Å². The molecule has 0 aromatic rings. The Morgan fingerprint density at radius 2 is 1.53 bits per heavy atom. The first kappa shape index (κ1) is 9.33. The average molecular weight is 208 g/mol. The van der Waals surface area contributed by atoms with Crippen molar-refractivity contribution < 1.29 is 9.59 Å². The summed E-state index contributed by atoms with van der Waals surface area (Å²) in [6.45, 7) is 0. The van der Waals surface area contributed by atoms with E-state index in [4.69, 9.17) is 0 Å². The SMILES string of the molecule is O=C1CCC(=O)N1C1CC2CCC(C1)N2. The molecule has 0 spiro atoms. The molecular formula is C11H16N2O2. The highest BCUT2D eigenvalue weighted by atomic mass is 16.2. The normalized spacial score (nSPS) is 40.3. The van der Waals surface area contributed by atoms with Gasteiger partial charge in [0.25, 0.3) is 0 Å². The van der Waals surface area contributed by atoms with E-state index in [-0.39, 0.29) is 17.9 Å². The van der Waals surface area contributed by atoms with Crippen molar-refractivity contribution in [2.75, 3.05) is 0 Å². The first-order valence-corrected chi connectivity index (χ1v) is 5.85.